The summed E-state index contributed by atoms with van der Waals surface area (Å²) in [5, 5.41) is 3.48. The summed E-state index contributed by atoms with van der Waals surface area (Å²) in [6.07, 6.45) is -4.43. The number of hydrogen-bond donors (Lipinski definition) is 1. The Labute approximate surface area is 159 Å². The van der Waals surface area contributed by atoms with Crippen LogP contribution in [0.1, 0.15) is 5.56 Å². The number of piperazine rings is 1. The van der Waals surface area contributed by atoms with Crippen molar-refractivity contribution < 1.29 is 22.6 Å². The van der Waals surface area contributed by atoms with E-state index in [4.69, 9.17) is 9.47 Å². The number of nitrogens with zero attached hydrogens (tertiary/aromatic N) is 3. The number of aromatic nitrogens is 2. The summed E-state index contributed by atoms with van der Waals surface area (Å²) in [4.78, 5) is 10.9. The first-order valence-corrected chi connectivity index (χ1v) is 9.04. The minimum atomic E-state index is -4.43. The Bertz CT molecular complexity index is 776. The second-order valence-corrected chi connectivity index (χ2v) is 6.76. The minimum Gasteiger partial charge on any atom is -0.481 e. The highest BCUT2D eigenvalue weighted by Crippen LogP contribution is 2.40. The fourth-order valence-corrected chi connectivity index (χ4v) is 3.63. The van der Waals surface area contributed by atoms with Gasteiger partial charge in [-0.05, 0) is 30.0 Å². The third-order valence-electron chi connectivity index (χ3n) is 4.02. The average Bonchev–Trinajstić information content (AvgIpc) is 2.67. The number of ether oxygens (including phenoxy) is 2. The van der Waals surface area contributed by atoms with E-state index in [1.165, 1.54) is 26.4 Å². The second-order valence-electron chi connectivity index (χ2n) is 5.75. The second kappa shape index (κ2) is 8.22. The van der Waals surface area contributed by atoms with Gasteiger partial charge in [-0.2, -0.15) is 23.1 Å². The molecule has 0 unspecified atom stereocenters. The number of rotatable bonds is 5. The minimum absolute atomic E-state index is 0.252. The fourth-order valence-electron chi connectivity index (χ4n) is 2.68. The molecule has 1 N–H and O–H groups in total. The van der Waals surface area contributed by atoms with Crippen molar-refractivity contribution in [3.63, 3.8) is 0 Å². The van der Waals surface area contributed by atoms with Crippen molar-refractivity contribution in [2.45, 2.75) is 16.2 Å². The third kappa shape index (κ3) is 4.75. The van der Waals surface area contributed by atoms with Gasteiger partial charge in [0, 0.05) is 31.1 Å². The highest BCUT2D eigenvalue weighted by atomic mass is 32.2. The molecule has 6 nitrogen and oxygen atoms in total. The number of alkyl halides is 3. The Morgan fingerprint density at radius 2 is 1.67 bits per heavy atom. The molecule has 0 amide bonds. The first kappa shape index (κ1) is 19.6. The van der Waals surface area contributed by atoms with E-state index < -0.39 is 11.7 Å². The van der Waals surface area contributed by atoms with Crippen molar-refractivity contribution in [1.29, 1.82) is 0 Å². The SMILES string of the molecule is COc1cc(OC)nc(Sc2cc(C(F)(F)F)ccc2N2CCNCC2)n1. The first-order valence-electron chi connectivity index (χ1n) is 8.22. The maximum absolute atomic E-state index is 13.2. The zero-order valence-electron chi connectivity index (χ0n) is 14.8. The summed E-state index contributed by atoms with van der Waals surface area (Å²) in [5.74, 6) is 0.556. The van der Waals surface area contributed by atoms with E-state index in [0.717, 1.165) is 42.7 Å². The molecular weight excluding hydrogens is 381 g/mol. The van der Waals surface area contributed by atoms with Crippen LogP contribution < -0.4 is 19.7 Å². The zero-order chi connectivity index (χ0) is 19.4. The molecule has 2 heterocycles. The summed E-state index contributed by atoms with van der Waals surface area (Å²) in [5.41, 5.74) is 0.0126. The number of halogens is 3. The lowest BCUT2D eigenvalue weighted by Crippen LogP contribution is -2.43. The summed E-state index contributed by atoms with van der Waals surface area (Å²) in [6.45, 7) is 2.96. The Hall–Kier alpha value is -2.20. The van der Waals surface area contributed by atoms with E-state index in [-0.39, 0.29) is 16.9 Å². The predicted molar refractivity (Wildman–Crippen MR) is 95.8 cm³/mol. The summed E-state index contributed by atoms with van der Waals surface area (Å²) >= 11 is 1.05. The highest BCUT2D eigenvalue weighted by molar-refractivity contribution is 7.99. The van der Waals surface area contributed by atoms with Crippen LogP contribution in [0.4, 0.5) is 18.9 Å². The molecule has 1 aliphatic heterocycles. The first-order chi connectivity index (χ1) is 12.9. The smallest absolute Gasteiger partial charge is 0.416 e. The van der Waals surface area contributed by atoms with Gasteiger partial charge in [0.2, 0.25) is 11.8 Å². The normalized spacial score (nSPS) is 14.9. The monoisotopic (exact) mass is 400 g/mol. The quantitative estimate of drug-likeness (QED) is 0.774. The van der Waals surface area contributed by atoms with Crippen LogP contribution in [0, 0.1) is 0 Å². The van der Waals surface area contributed by atoms with Gasteiger partial charge < -0.3 is 19.7 Å². The topological polar surface area (TPSA) is 59.5 Å². The Balaban J connectivity index is 2.00. The van der Waals surface area contributed by atoms with Crippen LogP contribution in [0.3, 0.4) is 0 Å². The molecule has 0 radical (unpaired) electrons. The standard InChI is InChI=1S/C17H19F3N4O2S/c1-25-14-10-15(26-2)23-16(22-14)27-13-9-11(17(18,19)20)3-4-12(13)24-7-5-21-6-8-24/h3-4,9-10,21H,5-8H2,1-2H3. The molecule has 0 saturated carbocycles. The maximum atomic E-state index is 13.2. The molecule has 2 aromatic rings. The van der Waals surface area contributed by atoms with Crippen LogP contribution in [0.25, 0.3) is 0 Å². The van der Waals surface area contributed by atoms with Crippen molar-refractivity contribution in [2.75, 3.05) is 45.3 Å². The van der Waals surface area contributed by atoms with Gasteiger partial charge in [0.15, 0.2) is 5.16 Å². The molecule has 1 aromatic carbocycles. The molecule has 10 heteroatoms. The fraction of sp³-hybridized carbons (Fsp3) is 0.412. The summed E-state index contributed by atoms with van der Waals surface area (Å²) in [7, 11) is 2.90. The molecule has 1 fully saturated rings. The summed E-state index contributed by atoms with van der Waals surface area (Å²) in [6, 6.07) is 5.26. The Morgan fingerprint density at radius 1 is 1.04 bits per heavy atom. The van der Waals surface area contributed by atoms with E-state index >= 15 is 0 Å². The number of hydrogen-bond acceptors (Lipinski definition) is 7. The van der Waals surface area contributed by atoms with Crippen molar-refractivity contribution in [3.8, 4) is 11.8 Å². The number of nitrogens with one attached hydrogen (secondary N) is 1. The zero-order valence-corrected chi connectivity index (χ0v) is 15.7. The molecule has 0 bridgehead atoms. The predicted octanol–water partition coefficient (Wildman–Crippen LogP) is 3.07. The van der Waals surface area contributed by atoms with Gasteiger partial charge in [0.25, 0.3) is 0 Å². The number of anilines is 1. The lowest BCUT2D eigenvalue weighted by Gasteiger charge is -2.31. The molecule has 0 atom stereocenters. The molecule has 1 saturated heterocycles. The Kier molecular flexibility index (Phi) is 5.95. The van der Waals surface area contributed by atoms with Crippen LogP contribution in [0.5, 0.6) is 11.8 Å². The third-order valence-corrected chi connectivity index (χ3v) is 4.94. The van der Waals surface area contributed by atoms with Gasteiger partial charge in [-0.1, -0.05) is 0 Å². The van der Waals surface area contributed by atoms with Crippen LogP contribution in [0.2, 0.25) is 0 Å². The van der Waals surface area contributed by atoms with Gasteiger partial charge in [-0.3, -0.25) is 0 Å². The van der Waals surface area contributed by atoms with Gasteiger partial charge in [0.1, 0.15) is 0 Å². The van der Waals surface area contributed by atoms with E-state index in [1.54, 1.807) is 0 Å². The molecule has 0 aliphatic carbocycles. The van der Waals surface area contributed by atoms with Crippen molar-refractivity contribution >= 4 is 17.4 Å². The molecule has 1 aliphatic rings. The number of benzene rings is 1. The molecule has 0 spiro atoms. The summed E-state index contributed by atoms with van der Waals surface area (Å²) < 4.78 is 49.9. The van der Waals surface area contributed by atoms with Gasteiger partial charge >= 0.3 is 6.18 Å². The molecule has 146 valence electrons. The van der Waals surface area contributed by atoms with Crippen LogP contribution in [-0.2, 0) is 6.18 Å². The van der Waals surface area contributed by atoms with Crippen LogP contribution in [-0.4, -0.2) is 50.4 Å². The van der Waals surface area contributed by atoms with Crippen molar-refractivity contribution in [1.82, 2.24) is 15.3 Å². The molecule has 27 heavy (non-hydrogen) atoms. The van der Waals surface area contributed by atoms with Crippen LogP contribution in [0.15, 0.2) is 34.3 Å². The maximum Gasteiger partial charge on any atom is 0.416 e. The highest BCUT2D eigenvalue weighted by Gasteiger charge is 2.32. The van der Waals surface area contributed by atoms with Crippen molar-refractivity contribution in [2.24, 2.45) is 0 Å². The van der Waals surface area contributed by atoms with E-state index in [0.29, 0.717) is 18.0 Å². The van der Waals surface area contributed by atoms with E-state index in [1.807, 2.05) is 0 Å². The average molecular weight is 400 g/mol. The largest absolute Gasteiger partial charge is 0.481 e. The number of methoxy groups -OCH3 is 2. The van der Waals surface area contributed by atoms with E-state index in [2.05, 4.69) is 20.2 Å². The molecule has 1 aromatic heterocycles. The van der Waals surface area contributed by atoms with Gasteiger partial charge in [0.05, 0.1) is 31.5 Å². The van der Waals surface area contributed by atoms with Gasteiger partial charge in [-0.15, -0.1) is 0 Å². The van der Waals surface area contributed by atoms with E-state index in [9.17, 15) is 13.2 Å². The van der Waals surface area contributed by atoms with Gasteiger partial charge in [-0.25, -0.2) is 0 Å². The van der Waals surface area contributed by atoms with Crippen LogP contribution >= 0.6 is 11.8 Å². The van der Waals surface area contributed by atoms with Crippen molar-refractivity contribution in [3.05, 3.63) is 29.8 Å². The molecular formula is C17H19F3N4O2S. The lowest BCUT2D eigenvalue weighted by atomic mass is 10.1. The lowest BCUT2D eigenvalue weighted by molar-refractivity contribution is -0.137. The molecule has 3 rings (SSSR count). The Morgan fingerprint density at radius 3 is 2.22 bits per heavy atom.